The molecule has 0 saturated carbocycles. The molecule has 2 rings (SSSR count). The molecule has 96 valence electrons. The van der Waals surface area contributed by atoms with Gasteiger partial charge in [0.1, 0.15) is 5.76 Å². The molecule has 0 fully saturated rings. The van der Waals surface area contributed by atoms with E-state index in [9.17, 15) is 8.42 Å². The zero-order valence-corrected chi connectivity index (χ0v) is 10.8. The molecular formula is C11H11ClN2O3S. The van der Waals surface area contributed by atoms with Crippen LogP contribution in [0.25, 0.3) is 0 Å². The van der Waals surface area contributed by atoms with E-state index in [-0.39, 0.29) is 17.1 Å². The summed E-state index contributed by atoms with van der Waals surface area (Å²) in [6.07, 6.45) is 1.48. The smallest absolute Gasteiger partial charge is 0.241 e. The summed E-state index contributed by atoms with van der Waals surface area (Å²) in [5.41, 5.74) is 5.79. The van der Waals surface area contributed by atoms with E-state index >= 15 is 0 Å². The van der Waals surface area contributed by atoms with Crippen LogP contribution in [0.1, 0.15) is 5.76 Å². The first kappa shape index (κ1) is 12.9. The van der Waals surface area contributed by atoms with Gasteiger partial charge in [0.15, 0.2) is 0 Å². The van der Waals surface area contributed by atoms with Gasteiger partial charge in [-0.25, -0.2) is 13.1 Å². The van der Waals surface area contributed by atoms with Crippen molar-refractivity contribution in [2.75, 3.05) is 5.73 Å². The third-order valence-electron chi connectivity index (χ3n) is 2.29. The zero-order chi connectivity index (χ0) is 13.2. The van der Waals surface area contributed by atoms with Gasteiger partial charge in [0, 0.05) is 0 Å². The number of anilines is 1. The van der Waals surface area contributed by atoms with Crippen LogP contribution in [-0.4, -0.2) is 8.42 Å². The van der Waals surface area contributed by atoms with Gasteiger partial charge in [-0.3, -0.25) is 0 Å². The van der Waals surface area contributed by atoms with Crippen LogP contribution < -0.4 is 10.5 Å². The SMILES string of the molecule is Nc1cc(S(=O)(=O)NCc2ccco2)ccc1Cl. The van der Waals surface area contributed by atoms with Gasteiger partial charge in [0.05, 0.1) is 28.4 Å². The van der Waals surface area contributed by atoms with E-state index < -0.39 is 10.0 Å². The summed E-state index contributed by atoms with van der Waals surface area (Å²) in [7, 11) is -3.62. The molecule has 0 amide bonds. The second kappa shape index (κ2) is 5.01. The van der Waals surface area contributed by atoms with E-state index in [0.717, 1.165) is 0 Å². The first-order valence-corrected chi connectivity index (χ1v) is 6.92. The molecule has 2 aromatic rings. The quantitative estimate of drug-likeness (QED) is 0.842. The fraction of sp³-hybridized carbons (Fsp3) is 0.0909. The summed E-state index contributed by atoms with van der Waals surface area (Å²) in [6.45, 7) is 0.0812. The number of furan rings is 1. The summed E-state index contributed by atoms with van der Waals surface area (Å²) >= 11 is 5.73. The molecule has 0 spiro atoms. The van der Waals surface area contributed by atoms with Crippen molar-refractivity contribution in [1.82, 2.24) is 4.72 Å². The molecule has 0 unspecified atom stereocenters. The monoisotopic (exact) mass is 286 g/mol. The Morgan fingerprint density at radius 1 is 1.33 bits per heavy atom. The topological polar surface area (TPSA) is 85.3 Å². The molecular weight excluding hydrogens is 276 g/mol. The molecule has 3 N–H and O–H groups in total. The second-order valence-corrected chi connectivity index (χ2v) is 5.76. The van der Waals surface area contributed by atoms with Crippen LogP contribution in [0.4, 0.5) is 5.69 Å². The molecule has 0 radical (unpaired) electrons. The van der Waals surface area contributed by atoms with Crippen LogP contribution >= 0.6 is 11.6 Å². The third kappa shape index (κ3) is 2.84. The molecule has 1 aromatic carbocycles. The fourth-order valence-corrected chi connectivity index (χ4v) is 2.50. The lowest BCUT2D eigenvalue weighted by molar-refractivity contribution is 0.498. The van der Waals surface area contributed by atoms with Gasteiger partial charge in [0.2, 0.25) is 10.0 Å². The van der Waals surface area contributed by atoms with Crippen molar-refractivity contribution in [3.63, 3.8) is 0 Å². The van der Waals surface area contributed by atoms with Gasteiger partial charge < -0.3 is 10.2 Å². The minimum absolute atomic E-state index is 0.0657. The van der Waals surface area contributed by atoms with E-state index in [1.54, 1.807) is 12.1 Å². The summed E-state index contributed by atoms with van der Waals surface area (Å²) in [6, 6.07) is 7.51. The molecule has 5 nitrogen and oxygen atoms in total. The first-order valence-electron chi connectivity index (χ1n) is 5.06. The lowest BCUT2D eigenvalue weighted by Crippen LogP contribution is -2.23. The van der Waals surface area contributed by atoms with Gasteiger partial charge in [-0.05, 0) is 30.3 Å². The van der Waals surface area contributed by atoms with Gasteiger partial charge in [-0.2, -0.15) is 0 Å². The van der Waals surface area contributed by atoms with E-state index in [1.807, 2.05) is 0 Å². The Labute approximate surface area is 110 Å². The highest BCUT2D eigenvalue weighted by Crippen LogP contribution is 2.22. The molecule has 0 aliphatic rings. The molecule has 0 aliphatic heterocycles. The van der Waals surface area contributed by atoms with Crippen molar-refractivity contribution in [3.8, 4) is 0 Å². The number of nitrogens with two attached hydrogens (primary N) is 1. The highest BCUT2D eigenvalue weighted by molar-refractivity contribution is 7.89. The standard InChI is InChI=1S/C11H11ClN2O3S/c12-10-4-3-9(6-11(10)13)18(15,16)14-7-8-2-1-5-17-8/h1-6,14H,7,13H2. The van der Waals surface area contributed by atoms with Crippen molar-refractivity contribution >= 4 is 27.3 Å². The number of sulfonamides is 1. The van der Waals surface area contributed by atoms with Crippen LogP contribution in [-0.2, 0) is 16.6 Å². The van der Waals surface area contributed by atoms with Gasteiger partial charge >= 0.3 is 0 Å². The van der Waals surface area contributed by atoms with Crippen molar-refractivity contribution in [2.24, 2.45) is 0 Å². The first-order chi connectivity index (χ1) is 8.49. The van der Waals surface area contributed by atoms with Gasteiger partial charge in [-0.15, -0.1) is 0 Å². The predicted molar refractivity (Wildman–Crippen MR) is 68.6 cm³/mol. The molecule has 0 atom stereocenters. The zero-order valence-electron chi connectivity index (χ0n) is 9.26. The van der Waals surface area contributed by atoms with E-state index in [4.69, 9.17) is 21.8 Å². The number of rotatable bonds is 4. The van der Waals surface area contributed by atoms with E-state index in [0.29, 0.717) is 10.8 Å². The maximum Gasteiger partial charge on any atom is 0.241 e. The van der Waals surface area contributed by atoms with Crippen LogP contribution in [0.2, 0.25) is 5.02 Å². The molecule has 0 saturated heterocycles. The number of nitrogens with one attached hydrogen (secondary N) is 1. The minimum Gasteiger partial charge on any atom is -0.468 e. The Balaban J connectivity index is 2.17. The lowest BCUT2D eigenvalue weighted by atomic mass is 10.3. The van der Waals surface area contributed by atoms with E-state index in [1.165, 1.54) is 24.5 Å². The molecule has 1 heterocycles. The fourth-order valence-electron chi connectivity index (χ4n) is 1.35. The maximum absolute atomic E-state index is 11.9. The minimum atomic E-state index is -3.62. The second-order valence-electron chi connectivity index (χ2n) is 3.59. The summed E-state index contributed by atoms with van der Waals surface area (Å²) in [4.78, 5) is 0.0657. The molecule has 18 heavy (non-hydrogen) atoms. The molecule has 7 heteroatoms. The number of benzene rings is 1. The maximum atomic E-state index is 11.9. The van der Waals surface area contributed by atoms with Crippen molar-refractivity contribution in [2.45, 2.75) is 11.4 Å². The van der Waals surface area contributed by atoms with Crippen LogP contribution in [0.5, 0.6) is 0 Å². The van der Waals surface area contributed by atoms with Gasteiger partial charge in [-0.1, -0.05) is 11.6 Å². The average Bonchev–Trinajstić information content (AvgIpc) is 2.83. The lowest BCUT2D eigenvalue weighted by Gasteiger charge is -2.06. The number of halogens is 1. The Morgan fingerprint density at radius 3 is 2.72 bits per heavy atom. The van der Waals surface area contributed by atoms with Crippen molar-refractivity contribution < 1.29 is 12.8 Å². The molecule has 1 aromatic heterocycles. The third-order valence-corrected chi connectivity index (χ3v) is 4.04. The van der Waals surface area contributed by atoms with Crippen LogP contribution in [0, 0.1) is 0 Å². The normalized spacial score (nSPS) is 11.6. The Morgan fingerprint density at radius 2 is 2.11 bits per heavy atom. The summed E-state index contributed by atoms with van der Waals surface area (Å²) in [5.74, 6) is 0.528. The highest BCUT2D eigenvalue weighted by atomic mass is 35.5. The van der Waals surface area contributed by atoms with Crippen LogP contribution in [0.15, 0.2) is 45.9 Å². The van der Waals surface area contributed by atoms with Crippen molar-refractivity contribution in [3.05, 3.63) is 47.4 Å². The Kier molecular flexibility index (Phi) is 3.60. The number of hydrogen-bond acceptors (Lipinski definition) is 4. The Hall–Kier alpha value is -1.50. The predicted octanol–water partition coefficient (Wildman–Crippen LogP) is 1.99. The Bertz CT molecular complexity index is 638. The summed E-state index contributed by atoms with van der Waals surface area (Å²) < 4.78 is 31.3. The highest BCUT2D eigenvalue weighted by Gasteiger charge is 2.15. The number of hydrogen-bond donors (Lipinski definition) is 2. The van der Waals surface area contributed by atoms with E-state index in [2.05, 4.69) is 4.72 Å². The van der Waals surface area contributed by atoms with Gasteiger partial charge in [0.25, 0.3) is 0 Å². The van der Waals surface area contributed by atoms with Crippen LogP contribution in [0.3, 0.4) is 0 Å². The average molecular weight is 287 g/mol. The molecule has 0 aliphatic carbocycles. The summed E-state index contributed by atoms with van der Waals surface area (Å²) in [5, 5.41) is 0.319. The number of nitrogen functional groups attached to an aromatic ring is 1. The largest absolute Gasteiger partial charge is 0.468 e. The van der Waals surface area contributed by atoms with Crippen molar-refractivity contribution in [1.29, 1.82) is 0 Å². The molecule has 0 bridgehead atoms.